The minimum absolute atomic E-state index is 0.0646. The molecule has 3 aromatic heterocycles. The largest absolute Gasteiger partial charge is 0.487 e. The van der Waals surface area contributed by atoms with Crippen molar-refractivity contribution in [3.05, 3.63) is 131 Å². The third kappa shape index (κ3) is 8.55. The van der Waals surface area contributed by atoms with Crippen LogP contribution in [0.2, 0.25) is 0 Å². The first-order valence-corrected chi connectivity index (χ1v) is 19.3. The number of benzene rings is 4. The van der Waals surface area contributed by atoms with Gasteiger partial charge in [0, 0.05) is 23.8 Å². The molecule has 20 nitrogen and oxygen atoms in total. The van der Waals surface area contributed by atoms with Gasteiger partial charge in [0.15, 0.2) is 0 Å². The number of ether oxygens (including phenoxy) is 2. The van der Waals surface area contributed by atoms with Crippen LogP contribution in [0.15, 0.2) is 137 Å². The zero-order valence-electron chi connectivity index (χ0n) is 29.3. The van der Waals surface area contributed by atoms with Crippen molar-refractivity contribution in [3.63, 3.8) is 0 Å². The molecule has 0 aliphatic carbocycles. The van der Waals surface area contributed by atoms with Crippen molar-refractivity contribution in [1.82, 2.24) is 30.0 Å². The van der Waals surface area contributed by atoms with Crippen LogP contribution in [0.1, 0.15) is 11.4 Å². The number of hydrogen-bond acceptors (Lipinski definition) is 12. The SMILES string of the molecule is NC(N)=NS(=O)(=O)c1ccc(-n2cc(COc3cc(OCc4cn(-c5ccc(S(=O)(=O)N=C(N)N)cc5)nn4)c4c(-c5ccccc5)cc(=O)oc4c3)nn2)cc1. The Morgan fingerprint density at radius 3 is 1.68 bits per heavy atom. The van der Waals surface area contributed by atoms with Crippen LogP contribution in [0.4, 0.5) is 0 Å². The highest BCUT2D eigenvalue weighted by Gasteiger charge is 2.19. The minimum atomic E-state index is -4.08. The van der Waals surface area contributed by atoms with Crippen LogP contribution in [0, 0.1) is 0 Å². The molecule has 8 N–H and O–H groups in total. The number of aromatic nitrogens is 6. The summed E-state index contributed by atoms with van der Waals surface area (Å²) in [5.41, 5.74) is 23.6. The molecule has 22 heteroatoms. The molecule has 0 saturated heterocycles. The van der Waals surface area contributed by atoms with Crippen LogP contribution in [0.5, 0.6) is 11.5 Å². The van der Waals surface area contributed by atoms with Crippen molar-refractivity contribution in [2.45, 2.75) is 23.0 Å². The second-order valence-electron chi connectivity index (χ2n) is 12.0. The molecule has 290 valence electrons. The lowest BCUT2D eigenvalue weighted by Gasteiger charge is -2.14. The molecule has 0 radical (unpaired) electrons. The van der Waals surface area contributed by atoms with E-state index >= 15 is 0 Å². The number of fused-ring (bicyclic) bond motifs is 1. The highest BCUT2D eigenvalue weighted by molar-refractivity contribution is 7.90. The Bertz CT molecular complexity index is 2940. The summed E-state index contributed by atoms with van der Waals surface area (Å²) in [7, 11) is -8.15. The summed E-state index contributed by atoms with van der Waals surface area (Å²) in [6.07, 6.45) is 3.19. The number of nitrogens with two attached hydrogens (primary N) is 4. The van der Waals surface area contributed by atoms with E-state index in [0.29, 0.717) is 39.5 Å². The summed E-state index contributed by atoms with van der Waals surface area (Å²) in [4.78, 5) is 12.6. The van der Waals surface area contributed by atoms with Crippen LogP contribution < -0.4 is 38.0 Å². The fourth-order valence-electron chi connectivity index (χ4n) is 5.50. The minimum Gasteiger partial charge on any atom is -0.487 e. The Morgan fingerprint density at radius 1 is 0.667 bits per heavy atom. The lowest BCUT2D eigenvalue weighted by atomic mass is 10.0. The molecular weight excluding hydrogens is 781 g/mol. The van der Waals surface area contributed by atoms with Gasteiger partial charge in [-0.3, -0.25) is 0 Å². The zero-order chi connectivity index (χ0) is 40.3. The van der Waals surface area contributed by atoms with E-state index < -0.39 is 37.6 Å². The van der Waals surface area contributed by atoms with Crippen molar-refractivity contribution >= 4 is 42.9 Å². The van der Waals surface area contributed by atoms with Crippen molar-refractivity contribution in [2.24, 2.45) is 31.7 Å². The first-order chi connectivity index (χ1) is 27.2. The van der Waals surface area contributed by atoms with Gasteiger partial charge in [-0.25, -0.2) is 14.2 Å². The molecule has 0 spiro atoms. The molecule has 0 unspecified atom stereocenters. The van der Waals surface area contributed by atoms with Gasteiger partial charge in [0.1, 0.15) is 41.7 Å². The van der Waals surface area contributed by atoms with Crippen LogP contribution in [-0.4, -0.2) is 58.7 Å². The van der Waals surface area contributed by atoms with E-state index in [9.17, 15) is 21.6 Å². The number of sulfonamides is 2. The quantitative estimate of drug-likeness (QED) is 0.0732. The molecule has 7 aromatic rings. The summed E-state index contributed by atoms with van der Waals surface area (Å²) >= 11 is 0. The zero-order valence-corrected chi connectivity index (χ0v) is 30.9. The van der Waals surface area contributed by atoms with Crippen LogP contribution in [-0.2, 0) is 33.3 Å². The van der Waals surface area contributed by atoms with E-state index in [0.717, 1.165) is 5.56 Å². The molecule has 0 fully saturated rings. The normalized spacial score (nSPS) is 11.6. The van der Waals surface area contributed by atoms with E-state index in [-0.39, 0.29) is 34.3 Å². The average Bonchev–Trinajstić information content (AvgIpc) is 3.86. The third-order valence-electron chi connectivity index (χ3n) is 7.96. The first-order valence-electron chi connectivity index (χ1n) is 16.4. The number of rotatable bonds is 13. The maximum absolute atomic E-state index is 12.8. The van der Waals surface area contributed by atoms with Gasteiger partial charge in [-0.1, -0.05) is 40.8 Å². The highest BCUT2D eigenvalue weighted by atomic mass is 32.2. The standard InChI is InChI=1S/C35H30N12O8S2/c36-34(37)42-56(49,50)27-10-6-24(7-11-27)46-17-22(40-44-46)19-53-26-14-30(33-29(21-4-2-1-3-5-21)16-32(48)55-31(33)15-26)54-20-23-18-47(45-41-23)25-8-12-28(13-9-25)57(51,52)43-35(38)39/h1-18H,19-20H2,(H4,36,37,42)(H4,38,39,43). The summed E-state index contributed by atoms with van der Waals surface area (Å²) in [6.45, 7) is -0.145. The van der Waals surface area contributed by atoms with Crippen LogP contribution in [0.25, 0.3) is 33.5 Å². The maximum Gasteiger partial charge on any atom is 0.336 e. The Kier molecular flexibility index (Phi) is 10.1. The van der Waals surface area contributed by atoms with E-state index in [1.807, 2.05) is 30.3 Å². The molecule has 0 atom stereocenters. The number of guanidine groups is 2. The molecule has 7 rings (SSSR count). The Morgan fingerprint density at radius 2 is 1.18 bits per heavy atom. The summed E-state index contributed by atoms with van der Waals surface area (Å²) in [6, 6.07) is 25.1. The summed E-state index contributed by atoms with van der Waals surface area (Å²) in [5, 5.41) is 17.1. The lowest BCUT2D eigenvalue weighted by molar-refractivity contribution is 0.287. The average molecular weight is 811 g/mol. The predicted molar refractivity (Wildman–Crippen MR) is 205 cm³/mol. The molecule has 0 saturated carbocycles. The van der Waals surface area contributed by atoms with Crippen molar-refractivity contribution in [1.29, 1.82) is 0 Å². The third-order valence-corrected chi connectivity index (χ3v) is 10.6. The molecule has 0 aliphatic rings. The second kappa shape index (κ2) is 15.3. The fraction of sp³-hybridized carbons (Fsp3) is 0.0571. The van der Waals surface area contributed by atoms with Gasteiger partial charge in [-0.05, 0) is 54.1 Å². The van der Waals surface area contributed by atoms with Crippen molar-refractivity contribution < 1.29 is 30.7 Å². The van der Waals surface area contributed by atoms with Gasteiger partial charge in [0.25, 0.3) is 20.0 Å². The molecule has 3 heterocycles. The van der Waals surface area contributed by atoms with Gasteiger partial charge in [0.05, 0.1) is 38.9 Å². The Hall–Kier alpha value is -7.59. The van der Waals surface area contributed by atoms with Gasteiger partial charge in [-0.2, -0.15) is 16.8 Å². The smallest absolute Gasteiger partial charge is 0.336 e. The van der Waals surface area contributed by atoms with Gasteiger partial charge in [-0.15, -0.1) is 19.0 Å². The number of hydrogen-bond donors (Lipinski definition) is 4. The molecule has 4 aromatic carbocycles. The van der Waals surface area contributed by atoms with E-state index in [2.05, 4.69) is 29.4 Å². The Balaban J connectivity index is 1.14. The topological polar surface area (TPSA) is 307 Å². The van der Waals surface area contributed by atoms with Gasteiger partial charge in [0.2, 0.25) is 11.9 Å². The van der Waals surface area contributed by atoms with Crippen LogP contribution in [0.3, 0.4) is 0 Å². The van der Waals surface area contributed by atoms with E-state index in [1.165, 1.54) is 64.0 Å². The molecule has 0 amide bonds. The second-order valence-corrected chi connectivity index (χ2v) is 15.2. The summed E-state index contributed by atoms with van der Waals surface area (Å²) < 4.78 is 76.6. The van der Waals surface area contributed by atoms with Crippen molar-refractivity contribution in [3.8, 4) is 34.0 Å². The van der Waals surface area contributed by atoms with Crippen LogP contribution >= 0.6 is 0 Å². The molecule has 0 aliphatic heterocycles. The van der Waals surface area contributed by atoms with Crippen molar-refractivity contribution in [2.75, 3.05) is 0 Å². The monoisotopic (exact) mass is 810 g/mol. The molecule has 57 heavy (non-hydrogen) atoms. The maximum atomic E-state index is 12.8. The number of nitrogens with zero attached hydrogens (tertiary/aromatic N) is 8. The first kappa shape index (κ1) is 37.7. The molecular formula is C35H30N12O8S2. The predicted octanol–water partition coefficient (Wildman–Crippen LogP) is 1.70. The Labute approximate surface area is 322 Å². The van der Waals surface area contributed by atoms with Gasteiger partial charge >= 0.3 is 5.63 Å². The lowest BCUT2D eigenvalue weighted by Crippen LogP contribution is -2.24. The highest BCUT2D eigenvalue weighted by Crippen LogP contribution is 2.38. The van der Waals surface area contributed by atoms with E-state index in [4.69, 9.17) is 36.8 Å². The molecule has 0 bridgehead atoms. The fourth-order valence-corrected chi connectivity index (χ4v) is 7.22. The van der Waals surface area contributed by atoms with Gasteiger partial charge < -0.3 is 36.8 Å². The summed E-state index contributed by atoms with van der Waals surface area (Å²) in [5.74, 6) is -0.599. The van der Waals surface area contributed by atoms with E-state index in [1.54, 1.807) is 24.5 Å².